The second-order valence-corrected chi connectivity index (χ2v) is 12.8. The standard InChI is InChI=1S/C34H52O18/c1-9-10-11-12-13-14-15-43-34(8)51-31-29(46-22(6)39)27(25(17-42-19(3)36)49-33(31)52-34)50-32-30(47-23(7)40)28(45-21(5)38)26(44-20(4)37)24(48-32)16-41-18(2)35/h24-33H,9-17H2,1-8H3/t24-,25-,26+,27-,28+,29+,30-,31-,32+,33-,34?/m1/s1. The summed E-state index contributed by atoms with van der Waals surface area (Å²) < 4.78 is 69.4. The van der Waals surface area contributed by atoms with Gasteiger partial charge in [0.25, 0.3) is 5.97 Å². The van der Waals surface area contributed by atoms with Crippen molar-refractivity contribution in [1.82, 2.24) is 0 Å². The van der Waals surface area contributed by atoms with Crippen molar-refractivity contribution in [2.24, 2.45) is 0 Å². The van der Waals surface area contributed by atoms with Gasteiger partial charge in [-0.15, -0.1) is 0 Å². The number of rotatable bonds is 18. The first-order valence-corrected chi connectivity index (χ1v) is 17.4. The summed E-state index contributed by atoms with van der Waals surface area (Å²) in [6, 6.07) is 0. The summed E-state index contributed by atoms with van der Waals surface area (Å²) in [5.41, 5.74) is 0. The van der Waals surface area contributed by atoms with Crippen molar-refractivity contribution in [3.8, 4) is 0 Å². The summed E-state index contributed by atoms with van der Waals surface area (Å²) in [5, 5.41) is 0. The van der Waals surface area contributed by atoms with Gasteiger partial charge in [-0.25, -0.2) is 0 Å². The van der Waals surface area contributed by atoms with Gasteiger partial charge in [-0.05, 0) is 6.42 Å². The van der Waals surface area contributed by atoms with Crippen LogP contribution in [-0.2, 0) is 85.6 Å². The van der Waals surface area contributed by atoms with E-state index >= 15 is 0 Å². The third-order valence-corrected chi connectivity index (χ3v) is 8.13. The highest BCUT2D eigenvalue weighted by Crippen LogP contribution is 2.41. The molecule has 52 heavy (non-hydrogen) atoms. The maximum absolute atomic E-state index is 12.5. The number of esters is 6. The van der Waals surface area contributed by atoms with Gasteiger partial charge in [-0.3, -0.25) is 33.5 Å². The zero-order valence-corrected chi connectivity index (χ0v) is 31.0. The Kier molecular flexibility index (Phi) is 16.7. The molecule has 0 aliphatic carbocycles. The van der Waals surface area contributed by atoms with E-state index in [1.165, 1.54) is 13.8 Å². The first kappa shape index (κ1) is 43.0. The molecule has 3 rings (SSSR count). The predicted octanol–water partition coefficient (Wildman–Crippen LogP) is 2.14. The molecule has 3 fully saturated rings. The molecular weight excluding hydrogens is 696 g/mol. The van der Waals surface area contributed by atoms with Gasteiger partial charge in [0.2, 0.25) is 0 Å². The molecule has 296 valence electrons. The van der Waals surface area contributed by atoms with Crippen LogP contribution in [0, 0.1) is 0 Å². The van der Waals surface area contributed by atoms with E-state index in [4.69, 9.17) is 56.8 Å². The van der Waals surface area contributed by atoms with E-state index in [9.17, 15) is 28.8 Å². The van der Waals surface area contributed by atoms with Gasteiger partial charge in [0.05, 0.1) is 6.61 Å². The van der Waals surface area contributed by atoms with Gasteiger partial charge in [0.15, 0.2) is 43.1 Å². The van der Waals surface area contributed by atoms with E-state index in [0.29, 0.717) is 6.61 Å². The van der Waals surface area contributed by atoms with Crippen molar-refractivity contribution in [3.05, 3.63) is 0 Å². The van der Waals surface area contributed by atoms with E-state index < -0.39 is 116 Å². The third kappa shape index (κ3) is 12.9. The Morgan fingerprint density at radius 1 is 0.558 bits per heavy atom. The number of fused-ring (bicyclic) bond motifs is 1. The molecule has 0 bridgehead atoms. The average Bonchev–Trinajstić information content (AvgIpc) is 3.37. The molecule has 0 N–H and O–H groups in total. The molecule has 0 aromatic heterocycles. The minimum Gasteiger partial charge on any atom is -0.463 e. The number of unbranched alkanes of at least 4 members (excludes halogenated alkanes) is 5. The Labute approximate surface area is 302 Å². The third-order valence-electron chi connectivity index (χ3n) is 8.13. The Morgan fingerprint density at radius 3 is 1.62 bits per heavy atom. The molecule has 3 aliphatic rings. The van der Waals surface area contributed by atoms with Crippen molar-refractivity contribution < 1.29 is 85.6 Å². The molecule has 3 aliphatic heterocycles. The molecule has 11 atom stereocenters. The molecule has 0 amide bonds. The Balaban J connectivity index is 1.99. The lowest BCUT2D eigenvalue weighted by molar-refractivity contribution is -0.352. The maximum Gasteiger partial charge on any atom is 0.303 e. The van der Waals surface area contributed by atoms with Gasteiger partial charge in [-0.1, -0.05) is 39.0 Å². The highest BCUT2D eigenvalue weighted by molar-refractivity contribution is 5.69. The number of carbonyl (C=O) groups excluding carboxylic acids is 6. The first-order valence-electron chi connectivity index (χ1n) is 17.4. The second-order valence-electron chi connectivity index (χ2n) is 12.8. The van der Waals surface area contributed by atoms with Crippen LogP contribution >= 0.6 is 0 Å². The summed E-state index contributed by atoms with van der Waals surface area (Å²) in [4.78, 5) is 73.1. The number of hydrogen-bond donors (Lipinski definition) is 0. The van der Waals surface area contributed by atoms with E-state index in [1.54, 1.807) is 0 Å². The van der Waals surface area contributed by atoms with E-state index in [0.717, 1.165) is 73.1 Å². The highest BCUT2D eigenvalue weighted by atomic mass is 16.9. The molecular formula is C34H52O18. The number of hydrogen-bond acceptors (Lipinski definition) is 18. The zero-order chi connectivity index (χ0) is 38.6. The van der Waals surface area contributed by atoms with Crippen LogP contribution in [0.3, 0.4) is 0 Å². The molecule has 0 aromatic rings. The predicted molar refractivity (Wildman–Crippen MR) is 171 cm³/mol. The van der Waals surface area contributed by atoms with Crippen molar-refractivity contribution in [3.63, 3.8) is 0 Å². The maximum atomic E-state index is 12.5. The Bertz CT molecular complexity index is 1240. The van der Waals surface area contributed by atoms with Crippen LogP contribution in [0.25, 0.3) is 0 Å². The average molecular weight is 749 g/mol. The summed E-state index contributed by atoms with van der Waals surface area (Å²) in [7, 11) is 0. The topological polar surface area (TPSA) is 213 Å². The second kappa shape index (κ2) is 20.1. The normalized spacial score (nSPS) is 32.5. The van der Waals surface area contributed by atoms with Crippen molar-refractivity contribution in [2.45, 2.75) is 161 Å². The zero-order valence-electron chi connectivity index (χ0n) is 31.0. The number of ether oxygens (including phenoxy) is 12. The quantitative estimate of drug-likeness (QED) is 0.112. The monoisotopic (exact) mass is 748 g/mol. The summed E-state index contributed by atoms with van der Waals surface area (Å²) in [6.07, 6.45) is -7.88. The van der Waals surface area contributed by atoms with Gasteiger partial charge in [-0.2, -0.15) is 0 Å². The fourth-order valence-corrected chi connectivity index (χ4v) is 6.07. The summed E-state index contributed by atoms with van der Waals surface area (Å²) >= 11 is 0. The van der Waals surface area contributed by atoms with Crippen molar-refractivity contribution >= 4 is 35.8 Å². The van der Waals surface area contributed by atoms with Gasteiger partial charge >= 0.3 is 35.8 Å². The molecule has 0 radical (unpaired) electrons. The minimum absolute atomic E-state index is 0.293. The summed E-state index contributed by atoms with van der Waals surface area (Å²) in [5.74, 6) is -6.30. The van der Waals surface area contributed by atoms with Crippen LogP contribution in [0.15, 0.2) is 0 Å². The molecule has 1 unspecified atom stereocenters. The number of carbonyl (C=O) groups is 6. The SMILES string of the molecule is CCCCCCCCOC1(C)O[C@H]2O[C@H](COC(C)=O)[C@@H](O[C@@H]3O[C@H](COC(C)=O)[C@H](OC(C)=O)[C@H](OC(C)=O)[C@H]3OC(C)=O)[C@H](OC(C)=O)[C@H]2O1. The highest BCUT2D eigenvalue weighted by Gasteiger charge is 2.61. The smallest absolute Gasteiger partial charge is 0.303 e. The fraction of sp³-hybridized carbons (Fsp3) is 0.824. The molecule has 18 heteroatoms. The van der Waals surface area contributed by atoms with Gasteiger partial charge < -0.3 is 52.1 Å². The van der Waals surface area contributed by atoms with Gasteiger partial charge in [0, 0.05) is 48.5 Å². The van der Waals surface area contributed by atoms with Crippen LogP contribution in [0.1, 0.15) is 93.9 Å². The minimum atomic E-state index is -1.69. The molecule has 0 spiro atoms. The lowest BCUT2D eigenvalue weighted by Crippen LogP contribution is -2.66. The van der Waals surface area contributed by atoms with Crippen LogP contribution in [0.2, 0.25) is 0 Å². The van der Waals surface area contributed by atoms with Crippen LogP contribution in [-0.4, -0.2) is 123 Å². The van der Waals surface area contributed by atoms with E-state index in [1.807, 2.05) is 0 Å². The van der Waals surface area contributed by atoms with Gasteiger partial charge in [0.1, 0.15) is 31.5 Å². The largest absolute Gasteiger partial charge is 0.463 e. The molecule has 3 saturated heterocycles. The van der Waals surface area contributed by atoms with Crippen LogP contribution in [0.5, 0.6) is 0 Å². The van der Waals surface area contributed by atoms with E-state index in [2.05, 4.69) is 6.92 Å². The molecule has 18 nitrogen and oxygen atoms in total. The van der Waals surface area contributed by atoms with Crippen LogP contribution in [0.4, 0.5) is 0 Å². The van der Waals surface area contributed by atoms with Crippen molar-refractivity contribution in [2.75, 3.05) is 19.8 Å². The Morgan fingerprint density at radius 2 is 1.06 bits per heavy atom. The Hall–Kier alpha value is -3.42. The van der Waals surface area contributed by atoms with Crippen molar-refractivity contribution in [1.29, 1.82) is 0 Å². The first-order chi connectivity index (χ1) is 24.5. The fourth-order valence-electron chi connectivity index (χ4n) is 6.07. The lowest BCUT2D eigenvalue weighted by atomic mass is 9.96. The van der Waals surface area contributed by atoms with E-state index in [-0.39, 0.29) is 0 Å². The molecule has 0 aromatic carbocycles. The molecule has 0 saturated carbocycles. The summed E-state index contributed by atoms with van der Waals surface area (Å²) in [6.45, 7) is 9.71. The lowest BCUT2D eigenvalue weighted by Gasteiger charge is -2.47. The molecule has 3 heterocycles. The van der Waals surface area contributed by atoms with Crippen LogP contribution < -0.4 is 0 Å².